The monoisotopic (exact) mass is 239 g/mol. The van der Waals surface area contributed by atoms with E-state index in [9.17, 15) is 8.42 Å². The first-order valence-electron chi connectivity index (χ1n) is 5.73. The zero-order valence-corrected chi connectivity index (χ0v) is 10.3. The van der Waals surface area contributed by atoms with Crippen LogP contribution in [0.15, 0.2) is 24.3 Å². The lowest BCUT2D eigenvalue weighted by molar-refractivity contribution is 0.574. The second-order valence-corrected chi connectivity index (χ2v) is 6.13. The third-order valence-corrected chi connectivity index (χ3v) is 4.83. The summed E-state index contributed by atoms with van der Waals surface area (Å²) in [5.41, 5.74) is 2.00. The van der Waals surface area contributed by atoms with Crippen LogP contribution < -0.4 is 4.31 Å². The predicted octanol–water partition coefficient (Wildman–Crippen LogP) is 2.18. The maximum Gasteiger partial charge on any atom is 0.235 e. The van der Waals surface area contributed by atoms with Crippen LogP contribution in [0, 0.1) is 0 Å². The molecule has 0 atom stereocenters. The van der Waals surface area contributed by atoms with E-state index in [1.165, 1.54) is 5.56 Å². The highest BCUT2D eigenvalue weighted by molar-refractivity contribution is 7.92. The van der Waals surface area contributed by atoms with Gasteiger partial charge in [0, 0.05) is 6.54 Å². The number of rotatable bonds is 2. The Bertz CT molecular complexity index is 468. The molecule has 1 aliphatic heterocycles. The molecule has 0 aromatic heterocycles. The van der Waals surface area contributed by atoms with E-state index in [2.05, 4.69) is 6.92 Å². The Labute approximate surface area is 97.1 Å². The lowest BCUT2D eigenvalue weighted by atomic mass is 10.1. The van der Waals surface area contributed by atoms with Gasteiger partial charge in [0.15, 0.2) is 0 Å². The van der Waals surface area contributed by atoms with Gasteiger partial charge in [-0.2, -0.15) is 0 Å². The first-order valence-corrected chi connectivity index (χ1v) is 7.34. The van der Waals surface area contributed by atoms with Gasteiger partial charge in [-0.3, -0.25) is 4.31 Å². The Hall–Kier alpha value is -1.03. The third kappa shape index (κ3) is 2.21. The molecule has 3 nitrogen and oxygen atoms in total. The van der Waals surface area contributed by atoms with Crippen molar-refractivity contribution in [1.82, 2.24) is 0 Å². The van der Waals surface area contributed by atoms with Gasteiger partial charge in [0.25, 0.3) is 0 Å². The molecule has 0 amide bonds. The molecule has 88 valence electrons. The number of aryl methyl sites for hydroxylation is 1. The van der Waals surface area contributed by atoms with Gasteiger partial charge in [0.1, 0.15) is 0 Å². The third-order valence-electron chi connectivity index (χ3n) is 2.96. The standard InChI is InChI=1S/C12H17NO2S/c1-2-11-6-5-7-12(10-11)13-8-3-4-9-16(13,14)15/h5-7,10H,2-4,8-9H2,1H3. The molecule has 16 heavy (non-hydrogen) atoms. The Morgan fingerprint density at radius 1 is 1.31 bits per heavy atom. The quantitative estimate of drug-likeness (QED) is 0.793. The Kier molecular flexibility index (Phi) is 3.19. The normalized spacial score (nSPS) is 19.7. The highest BCUT2D eigenvalue weighted by atomic mass is 32.2. The average molecular weight is 239 g/mol. The van der Waals surface area contributed by atoms with Gasteiger partial charge in [-0.25, -0.2) is 8.42 Å². The fourth-order valence-corrected chi connectivity index (χ4v) is 3.64. The Morgan fingerprint density at radius 2 is 2.12 bits per heavy atom. The maximum atomic E-state index is 11.9. The molecule has 4 heteroatoms. The summed E-state index contributed by atoms with van der Waals surface area (Å²) in [6.45, 7) is 2.69. The summed E-state index contributed by atoms with van der Waals surface area (Å²) in [6.07, 6.45) is 2.67. The molecule has 0 bridgehead atoms. The zero-order valence-electron chi connectivity index (χ0n) is 9.52. The minimum absolute atomic E-state index is 0.281. The Balaban J connectivity index is 2.35. The molecule has 0 spiro atoms. The van der Waals surface area contributed by atoms with Crippen molar-refractivity contribution in [1.29, 1.82) is 0 Å². The number of sulfonamides is 1. The highest BCUT2D eigenvalue weighted by Gasteiger charge is 2.25. The van der Waals surface area contributed by atoms with Gasteiger partial charge < -0.3 is 0 Å². The van der Waals surface area contributed by atoms with Crippen molar-refractivity contribution < 1.29 is 8.42 Å². The van der Waals surface area contributed by atoms with Crippen molar-refractivity contribution in [3.8, 4) is 0 Å². The summed E-state index contributed by atoms with van der Waals surface area (Å²) in [5.74, 6) is 0.281. The van der Waals surface area contributed by atoms with E-state index in [0.29, 0.717) is 6.54 Å². The molecule has 1 fully saturated rings. The van der Waals surface area contributed by atoms with Crippen LogP contribution in [0.25, 0.3) is 0 Å². The second-order valence-electron chi connectivity index (χ2n) is 4.12. The maximum absolute atomic E-state index is 11.9. The summed E-state index contributed by atoms with van der Waals surface area (Å²) in [4.78, 5) is 0. The summed E-state index contributed by atoms with van der Waals surface area (Å²) in [7, 11) is -3.07. The van der Waals surface area contributed by atoms with Crippen LogP contribution >= 0.6 is 0 Å². The summed E-state index contributed by atoms with van der Waals surface area (Å²) < 4.78 is 25.4. The van der Waals surface area contributed by atoms with Gasteiger partial charge in [-0.1, -0.05) is 19.1 Å². The SMILES string of the molecule is CCc1cccc(N2CCCCS2(=O)=O)c1. The van der Waals surface area contributed by atoms with E-state index in [4.69, 9.17) is 0 Å². The van der Waals surface area contributed by atoms with Gasteiger partial charge in [-0.05, 0) is 37.0 Å². The van der Waals surface area contributed by atoms with Gasteiger partial charge in [0.2, 0.25) is 10.0 Å². The van der Waals surface area contributed by atoms with E-state index < -0.39 is 10.0 Å². The van der Waals surface area contributed by atoms with E-state index in [0.717, 1.165) is 24.9 Å². The van der Waals surface area contributed by atoms with Crippen molar-refractivity contribution in [3.05, 3.63) is 29.8 Å². The molecule has 0 N–H and O–H groups in total. The van der Waals surface area contributed by atoms with Crippen LogP contribution in [0.1, 0.15) is 25.3 Å². The molecule has 0 saturated carbocycles. The molecule has 1 saturated heterocycles. The van der Waals surface area contributed by atoms with Crippen LogP contribution in [0.4, 0.5) is 5.69 Å². The molecule has 1 aliphatic rings. The number of hydrogen-bond donors (Lipinski definition) is 0. The fourth-order valence-electron chi connectivity index (χ4n) is 2.01. The molecular formula is C12H17NO2S. The summed E-state index contributed by atoms with van der Waals surface area (Å²) in [5, 5.41) is 0. The van der Waals surface area contributed by atoms with Gasteiger partial charge >= 0.3 is 0 Å². The first kappa shape index (κ1) is 11.5. The summed E-state index contributed by atoms with van der Waals surface area (Å²) in [6, 6.07) is 7.81. The fraction of sp³-hybridized carbons (Fsp3) is 0.500. The average Bonchev–Trinajstić information content (AvgIpc) is 2.28. The van der Waals surface area contributed by atoms with Crippen LogP contribution in [0.5, 0.6) is 0 Å². The number of anilines is 1. The number of benzene rings is 1. The molecule has 0 aliphatic carbocycles. The van der Waals surface area contributed by atoms with Crippen LogP contribution in [0.3, 0.4) is 0 Å². The molecular weight excluding hydrogens is 222 g/mol. The van der Waals surface area contributed by atoms with Crippen molar-refractivity contribution in [2.24, 2.45) is 0 Å². The molecule has 1 aromatic carbocycles. The highest BCUT2D eigenvalue weighted by Crippen LogP contribution is 2.24. The molecule has 2 rings (SSSR count). The summed E-state index contributed by atoms with van der Waals surface area (Å²) >= 11 is 0. The molecule has 0 radical (unpaired) electrons. The number of hydrogen-bond acceptors (Lipinski definition) is 2. The lowest BCUT2D eigenvalue weighted by Gasteiger charge is -2.28. The van der Waals surface area contributed by atoms with Crippen LogP contribution in [-0.4, -0.2) is 20.7 Å². The second kappa shape index (κ2) is 4.45. The molecule has 1 aromatic rings. The van der Waals surface area contributed by atoms with Crippen molar-refractivity contribution in [2.75, 3.05) is 16.6 Å². The number of nitrogens with zero attached hydrogens (tertiary/aromatic N) is 1. The lowest BCUT2D eigenvalue weighted by Crippen LogP contribution is -2.37. The minimum atomic E-state index is -3.07. The van der Waals surface area contributed by atoms with E-state index in [1.807, 2.05) is 24.3 Å². The van der Waals surface area contributed by atoms with Crippen molar-refractivity contribution >= 4 is 15.7 Å². The Morgan fingerprint density at radius 3 is 2.81 bits per heavy atom. The van der Waals surface area contributed by atoms with E-state index in [-0.39, 0.29) is 5.75 Å². The minimum Gasteiger partial charge on any atom is -0.270 e. The van der Waals surface area contributed by atoms with Gasteiger partial charge in [-0.15, -0.1) is 0 Å². The van der Waals surface area contributed by atoms with E-state index in [1.54, 1.807) is 4.31 Å². The van der Waals surface area contributed by atoms with Crippen molar-refractivity contribution in [2.45, 2.75) is 26.2 Å². The topological polar surface area (TPSA) is 37.4 Å². The van der Waals surface area contributed by atoms with E-state index >= 15 is 0 Å². The van der Waals surface area contributed by atoms with Crippen molar-refractivity contribution in [3.63, 3.8) is 0 Å². The van der Waals surface area contributed by atoms with Crippen LogP contribution in [0.2, 0.25) is 0 Å². The van der Waals surface area contributed by atoms with Gasteiger partial charge in [0.05, 0.1) is 11.4 Å². The van der Waals surface area contributed by atoms with Crippen LogP contribution in [-0.2, 0) is 16.4 Å². The zero-order chi connectivity index (χ0) is 11.6. The largest absolute Gasteiger partial charge is 0.270 e. The first-order chi connectivity index (χ1) is 7.63. The molecule has 1 heterocycles. The molecule has 0 unspecified atom stereocenters. The predicted molar refractivity (Wildman–Crippen MR) is 66.2 cm³/mol. The smallest absolute Gasteiger partial charge is 0.235 e.